The largest absolute Gasteiger partial charge is 0.370 e. The third-order valence-corrected chi connectivity index (χ3v) is 5.37. The van der Waals surface area contributed by atoms with Gasteiger partial charge in [-0.2, -0.15) is 0 Å². The van der Waals surface area contributed by atoms with E-state index in [0.717, 1.165) is 6.42 Å². The standard InChI is InChI=1S/C23H45N3/c1-3-4-5-6-7-8-9-10-11-12-13-14-15-16-17-18-19-23-25-20-21-26(23)22(2)24/h17-18,20-23,25H,3-16,19,24H2,1-2H3/b18-17+. The van der Waals surface area contributed by atoms with Crippen molar-refractivity contribution in [1.29, 1.82) is 0 Å². The van der Waals surface area contributed by atoms with Gasteiger partial charge in [-0.25, -0.2) is 0 Å². The van der Waals surface area contributed by atoms with Crippen LogP contribution < -0.4 is 11.1 Å². The topological polar surface area (TPSA) is 41.3 Å². The van der Waals surface area contributed by atoms with Crippen LogP contribution >= 0.6 is 0 Å². The van der Waals surface area contributed by atoms with Crippen LogP contribution in [0.2, 0.25) is 0 Å². The monoisotopic (exact) mass is 363 g/mol. The van der Waals surface area contributed by atoms with Gasteiger partial charge in [-0.05, 0) is 19.8 Å². The Labute approximate surface area is 163 Å². The molecule has 0 radical (unpaired) electrons. The Morgan fingerprint density at radius 2 is 1.42 bits per heavy atom. The lowest BCUT2D eigenvalue weighted by molar-refractivity contribution is 0.223. The third-order valence-electron chi connectivity index (χ3n) is 5.37. The van der Waals surface area contributed by atoms with E-state index in [9.17, 15) is 0 Å². The SMILES string of the molecule is CCCCCCCCCCCCCCC/C=C/CC1NC=CN1C(C)N. The molecule has 3 heteroatoms. The van der Waals surface area contributed by atoms with E-state index in [0.29, 0.717) is 6.17 Å². The van der Waals surface area contributed by atoms with Crippen molar-refractivity contribution in [3.63, 3.8) is 0 Å². The Hall–Kier alpha value is -0.960. The summed E-state index contributed by atoms with van der Waals surface area (Å²) < 4.78 is 0. The van der Waals surface area contributed by atoms with Gasteiger partial charge < -0.3 is 16.0 Å². The number of nitrogens with zero attached hydrogens (tertiary/aromatic N) is 1. The quantitative estimate of drug-likeness (QED) is 0.231. The molecule has 0 aromatic rings. The zero-order valence-electron chi connectivity index (χ0n) is 17.6. The van der Waals surface area contributed by atoms with Crippen LogP contribution in [0.15, 0.2) is 24.6 Å². The summed E-state index contributed by atoms with van der Waals surface area (Å²) in [7, 11) is 0. The molecule has 0 saturated heterocycles. The van der Waals surface area contributed by atoms with E-state index in [-0.39, 0.29) is 6.17 Å². The molecule has 152 valence electrons. The molecule has 0 aromatic heterocycles. The Balaban J connectivity index is 1.81. The van der Waals surface area contributed by atoms with E-state index in [2.05, 4.69) is 35.5 Å². The molecule has 1 heterocycles. The summed E-state index contributed by atoms with van der Waals surface area (Å²) in [5.41, 5.74) is 5.96. The predicted octanol–water partition coefficient (Wildman–Crippen LogP) is 6.42. The molecule has 26 heavy (non-hydrogen) atoms. The first-order valence-corrected chi connectivity index (χ1v) is 11.4. The van der Waals surface area contributed by atoms with Crippen molar-refractivity contribution in [2.45, 2.75) is 122 Å². The normalized spacial score (nSPS) is 18.0. The molecule has 0 aromatic carbocycles. The van der Waals surface area contributed by atoms with Gasteiger partial charge in [-0.1, -0.05) is 96.1 Å². The van der Waals surface area contributed by atoms with Gasteiger partial charge in [0.1, 0.15) is 6.17 Å². The molecule has 0 saturated carbocycles. The molecule has 2 atom stereocenters. The van der Waals surface area contributed by atoms with Crippen LogP contribution in [0.25, 0.3) is 0 Å². The van der Waals surface area contributed by atoms with Crippen LogP contribution in [0.3, 0.4) is 0 Å². The highest BCUT2D eigenvalue weighted by Crippen LogP contribution is 2.14. The van der Waals surface area contributed by atoms with Crippen molar-refractivity contribution in [2.24, 2.45) is 5.73 Å². The summed E-state index contributed by atoms with van der Waals surface area (Å²) in [6.45, 7) is 4.32. The van der Waals surface area contributed by atoms with Gasteiger partial charge in [0.2, 0.25) is 0 Å². The summed E-state index contributed by atoms with van der Waals surface area (Å²) >= 11 is 0. The van der Waals surface area contributed by atoms with Gasteiger partial charge in [0.15, 0.2) is 0 Å². The zero-order chi connectivity index (χ0) is 18.9. The number of hydrogen-bond donors (Lipinski definition) is 2. The lowest BCUT2D eigenvalue weighted by atomic mass is 10.0. The van der Waals surface area contributed by atoms with Crippen molar-refractivity contribution >= 4 is 0 Å². The molecule has 0 amide bonds. The summed E-state index contributed by atoms with van der Waals surface area (Å²) in [6.07, 6.45) is 29.9. The van der Waals surface area contributed by atoms with E-state index in [1.165, 1.54) is 89.9 Å². The minimum absolute atomic E-state index is 0.0701. The van der Waals surface area contributed by atoms with Crippen molar-refractivity contribution < 1.29 is 0 Å². The summed E-state index contributed by atoms with van der Waals surface area (Å²) in [5, 5.41) is 3.35. The minimum Gasteiger partial charge on any atom is -0.370 e. The second-order valence-corrected chi connectivity index (χ2v) is 7.92. The Bertz CT molecular complexity index is 362. The van der Waals surface area contributed by atoms with Crippen molar-refractivity contribution in [1.82, 2.24) is 10.2 Å². The van der Waals surface area contributed by atoms with E-state index in [1.54, 1.807) is 0 Å². The van der Waals surface area contributed by atoms with Gasteiger partial charge in [0, 0.05) is 18.8 Å². The van der Waals surface area contributed by atoms with Crippen LogP contribution in [0.4, 0.5) is 0 Å². The average Bonchev–Trinajstić information content (AvgIpc) is 3.10. The second kappa shape index (κ2) is 16.2. The second-order valence-electron chi connectivity index (χ2n) is 7.92. The molecular formula is C23H45N3. The molecule has 0 spiro atoms. The fourth-order valence-corrected chi connectivity index (χ4v) is 3.66. The first kappa shape index (κ1) is 23.1. The number of nitrogens with two attached hydrogens (primary N) is 1. The van der Waals surface area contributed by atoms with E-state index in [4.69, 9.17) is 5.73 Å². The molecule has 0 bridgehead atoms. The van der Waals surface area contributed by atoms with Gasteiger partial charge in [0.25, 0.3) is 0 Å². The maximum Gasteiger partial charge on any atom is 0.103 e. The van der Waals surface area contributed by atoms with Gasteiger partial charge >= 0.3 is 0 Å². The number of rotatable bonds is 17. The highest BCUT2D eigenvalue weighted by atomic mass is 15.3. The lowest BCUT2D eigenvalue weighted by Gasteiger charge is -2.28. The smallest absolute Gasteiger partial charge is 0.103 e. The third kappa shape index (κ3) is 11.6. The van der Waals surface area contributed by atoms with Crippen molar-refractivity contribution in [2.75, 3.05) is 0 Å². The number of unbranched alkanes of at least 4 members (excludes halogenated alkanes) is 13. The lowest BCUT2D eigenvalue weighted by Crippen LogP contribution is -2.44. The number of hydrogen-bond acceptors (Lipinski definition) is 3. The van der Waals surface area contributed by atoms with Crippen molar-refractivity contribution in [3.8, 4) is 0 Å². The molecule has 0 aliphatic carbocycles. The first-order chi connectivity index (χ1) is 12.8. The molecule has 1 aliphatic heterocycles. The summed E-state index contributed by atoms with van der Waals surface area (Å²) in [5.74, 6) is 0. The number of allylic oxidation sites excluding steroid dienone is 1. The maximum absolute atomic E-state index is 5.96. The Kier molecular flexibility index (Phi) is 14.4. The van der Waals surface area contributed by atoms with Crippen molar-refractivity contribution in [3.05, 3.63) is 24.6 Å². The molecule has 1 rings (SSSR count). The van der Waals surface area contributed by atoms with E-state index < -0.39 is 0 Å². The fraction of sp³-hybridized carbons (Fsp3) is 0.826. The van der Waals surface area contributed by atoms with Gasteiger partial charge in [-0.15, -0.1) is 0 Å². The minimum atomic E-state index is 0.0701. The predicted molar refractivity (Wildman–Crippen MR) is 116 cm³/mol. The number of nitrogens with one attached hydrogen (secondary N) is 1. The van der Waals surface area contributed by atoms with Gasteiger partial charge in [-0.3, -0.25) is 0 Å². The molecule has 3 N–H and O–H groups in total. The first-order valence-electron chi connectivity index (χ1n) is 11.4. The fourth-order valence-electron chi connectivity index (χ4n) is 3.66. The van der Waals surface area contributed by atoms with E-state index in [1.807, 2.05) is 13.1 Å². The molecule has 0 fully saturated rings. The molecule has 3 nitrogen and oxygen atoms in total. The summed E-state index contributed by atoms with van der Waals surface area (Å²) in [4.78, 5) is 2.18. The summed E-state index contributed by atoms with van der Waals surface area (Å²) in [6, 6.07) is 0. The van der Waals surface area contributed by atoms with Crippen LogP contribution in [-0.4, -0.2) is 17.2 Å². The zero-order valence-corrected chi connectivity index (χ0v) is 17.6. The molecule has 2 unspecified atom stereocenters. The van der Waals surface area contributed by atoms with Crippen LogP contribution in [-0.2, 0) is 0 Å². The highest BCUT2D eigenvalue weighted by molar-refractivity contribution is 4.99. The Morgan fingerprint density at radius 1 is 0.885 bits per heavy atom. The van der Waals surface area contributed by atoms with Gasteiger partial charge in [0.05, 0.1) is 6.17 Å². The molecule has 1 aliphatic rings. The maximum atomic E-state index is 5.96. The Morgan fingerprint density at radius 3 is 1.96 bits per heavy atom. The van der Waals surface area contributed by atoms with Crippen LogP contribution in [0.5, 0.6) is 0 Å². The van der Waals surface area contributed by atoms with Crippen LogP contribution in [0, 0.1) is 0 Å². The van der Waals surface area contributed by atoms with Crippen LogP contribution in [0.1, 0.15) is 110 Å². The highest BCUT2D eigenvalue weighted by Gasteiger charge is 2.19. The average molecular weight is 364 g/mol. The molecular weight excluding hydrogens is 318 g/mol. The van der Waals surface area contributed by atoms with E-state index >= 15 is 0 Å².